The van der Waals surface area contributed by atoms with Crippen molar-refractivity contribution in [1.82, 2.24) is 15.0 Å². The van der Waals surface area contributed by atoms with Gasteiger partial charge in [-0.25, -0.2) is 0 Å². The molecular formula is C23H28N4O3. The summed E-state index contributed by atoms with van der Waals surface area (Å²) >= 11 is 0. The normalized spacial score (nSPS) is 18.2. The lowest BCUT2D eigenvalue weighted by molar-refractivity contribution is 0.0155. The van der Waals surface area contributed by atoms with E-state index in [9.17, 15) is 9.90 Å². The lowest BCUT2D eigenvalue weighted by Crippen LogP contribution is -2.50. The molecule has 7 heteroatoms. The third-order valence-electron chi connectivity index (χ3n) is 5.76. The largest absolute Gasteiger partial charge is 0.389 e. The second-order valence-electron chi connectivity index (χ2n) is 9.03. The number of hydrogen-bond donors (Lipinski definition) is 1. The number of amides is 1. The monoisotopic (exact) mass is 408 g/mol. The van der Waals surface area contributed by atoms with Crippen LogP contribution in [0, 0.1) is 11.3 Å². The Morgan fingerprint density at radius 3 is 2.43 bits per heavy atom. The maximum absolute atomic E-state index is 13.3. The Morgan fingerprint density at radius 2 is 1.87 bits per heavy atom. The third kappa shape index (κ3) is 4.72. The van der Waals surface area contributed by atoms with E-state index in [4.69, 9.17) is 9.78 Å². The molecule has 0 spiro atoms. The molecule has 7 nitrogen and oxygen atoms in total. The number of aromatic nitrogens is 1. The maximum Gasteiger partial charge on any atom is 0.276 e. The summed E-state index contributed by atoms with van der Waals surface area (Å²) in [5, 5.41) is 23.1. The molecule has 2 heterocycles. The predicted octanol–water partition coefficient (Wildman–Crippen LogP) is 3.05. The first-order chi connectivity index (χ1) is 14.3. The van der Waals surface area contributed by atoms with Gasteiger partial charge in [0.25, 0.3) is 5.91 Å². The fourth-order valence-electron chi connectivity index (χ4n) is 4.24. The van der Waals surface area contributed by atoms with Crippen LogP contribution in [0.25, 0.3) is 11.3 Å². The van der Waals surface area contributed by atoms with Crippen molar-refractivity contribution in [3.05, 3.63) is 41.6 Å². The minimum Gasteiger partial charge on any atom is -0.389 e. The average Bonchev–Trinajstić information content (AvgIpc) is 3.42. The SMILES string of the molecule is CC(C)(O)CN1CCC(N(C(=O)c2cc(-c3ccc(C#N)cc3)on2)C2CC2)CC1. The number of aliphatic hydroxyl groups is 1. The van der Waals surface area contributed by atoms with E-state index in [1.54, 1.807) is 30.3 Å². The number of nitriles is 1. The average molecular weight is 409 g/mol. The molecule has 30 heavy (non-hydrogen) atoms. The molecule has 0 bridgehead atoms. The predicted molar refractivity (Wildman–Crippen MR) is 112 cm³/mol. The Labute approximate surface area is 176 Å². The number of β-amino-alcohol motifs (C(OH)–C–C–N with tert-alkyl or cyclic N) is 1. The van der Waals surface area contributed by atoms with Crippen LogP contribution in [0.5, 0.6) is 0 Å². The van der Waals surface area contributed by atoms with Crippen LogP contribution in [0.3, 0.4) is 0 Å². The van der Waals surface area contributed by atoms with Gasteiger partial charge in [0, 0.05) is 43.3 Å². The lowest BCUT2D eigenvalue weighted by Gasteiger charge is -2.40. The van der Waals surface area contributed by atoms with Crippen molar-refractivity contribution >= 4 is 5.91 Å². The van der Waals surface area contributed by atoms with Crippen LogP contribution < -0.4 is 0 Å². The molecule has 2 aromatic rings. The highest BCUT2D eigenvalue weighted by molar-refractivity contribution is 5.93. The van der Waals surface area contributed by atoms with Crippen molar-refractivity contribution in [2.24, 2.45) is 0 Å². The highest BCUT2D eigenvalue weighted by Crippen LogP contribution is 2.34. The van der Waals surface area contributed by atoms with Crippen molar-refractivity contribution in [1.29, 1.82) is 5.26 Å². The van der Waals surface area contributed by atoms with Crippen LogP contribution in [0.2, 0.25) is 0 Å². The van der Waals surface area contributed by atoms with Crippen molar-refractivity contribution in [2.75, 3.05) is 19.6 Å². The van der Waals surface area contributed by atoms with E-state index in [-0.39, 0.29) is 11.9 Å². The molecule has 2 aliphatic rings. The number of rotatable bonds is 6. The zero-order valence-corrected chi connectivity index (χ0v) is 17.5. The minimum atomic E-state index is -0.707. The van der Waals surface area contributed by atoms with Gasteiger partial charge in [0.05, 0.1) is 17.2 Å². The maximum atomic E-state index is 13.3. The van der Waals surface area contributed by atoms with E-state index >= 15 is 0 Å². The summed E-state index contributed by atoms with van der Waals surface area (Å²) in [6, 6.07) is 11.3. The number of carbonyl (C=O) groups is 1. The smallest absolute Gasteiger partial charge is 0.276 e. The Hall–Kier alpha value is -2.69. The molecule has 2 fully saturated rings. The molecule has 1 saturated heterocycles. The first kappa shape index (κ1) is 20.6. The number of carbonyl (C=O) groups excluding carboxylic acids is 1. The van der Waals surface area contributed by atoms with Crippen molar-refractivity contribution in [3.8, 4) is 17.4 Å². The Balaban J connectivity index is 1.45. The van der Waals surface area contributed by atoms with Gasteiger partial charge in [-0.3, -0.25) is 4.79 Å². The summed E-state index contributed by atoms with van der Waals surface area (Å²) in [6.07, 6.45) is 3.88. The molecule has 1 aliphatic carbocycles. The van der Waals surface area contributed by atoms with E-state index in [1.807, 2.05) is 18.7 Å². The number of likely N-dealkylation sites (tertiary alicyclic amines) is 1. The number of nitrogens with zero attached hydrogens (tertiary/aromatic N) is 4. The number of hydrogen-bond acceptors (Lipinski definition) is 6. The van der Waals surface area contributed by atoms with Crippen LogP contribution >= 0.6 is 0 Å². The fourth-order valence-corrected chi connectivity index (χ4v) is 4.24. The molecule has 0 unspecified atom stereocenters. The van der Waals surface area contributed by atoms with Crippen LogP contribution in [0.15, 0.2) is 34.9 Å². The molecule has 0 radical (unpaired) electrons. The van der Waals surface area contributed by atoms with Crippen LogP contribution in [-0.2, 0) is 0 Å². The number of benzene rings is 1. The Morgan fingerprint density at radius 1 is 1.23 bits per heavy atom. The third-order valence-corrected chi connectivity index (χ3v) is 5.76. The van der Waals surface area contributed by atoms with E-state index < -0.39 is 5.60 Å². The molecule has 158 valence electrons. The van der Waals surface area contributed by atoms with Gasteiger partial charge < -0.3 is 19.4 Å². The molecule has 0 atom stereocenters. The molecule has 1 aliphatic heterocycles. The molecule has 1 amide bonds. The summed E-state index contributed by atoms with van der Waals surface area (Å²) in [6.45, 7) is 6.06. The zero-order valence-electron chi connectivity index (χ0n) is 17.5. The second-order valence-corrected chi connectivity index (χ2v) is 9.03. The Kier molecular flexibility index (Phi) is 5.63. The van der Waals surface area contributed by atoms with Crippen molar-refractivity contribution in [3.63, 3.8) is 0 Å². The van der Waals surface area contributed by atoms with E-state index in [1.165, 1.54) is 0 Å². The second kappa shape index (κ2) is 8.21. The zero-order chi connectivity index (χ0) is 21.3. The lowest BCUT2D eigenvalue weighted by atomic mass is 10.00. The van der Waals surface area contributed by atoms with Crippen molar-refractivity contribution in [2.45, 2.75) is 57.2 Å². The summed E-state index contributed by atoms with van der Waals surface area (Å²) in [7, 11) is 0. The first-order valence-corrected chi connectivity index (χ1v) is 10.6. The van der Waals surface area contributed by atoms with E-state index in [0.717, 1.165) is 44.3 Å². The quantitative estimate of drug-likeness (QED) is 0.790. The topological polar surface area (TPSA) is 93.6 Å². The number of piperidine rings is 1. The van der Waals surface area contributed by atoms with Crippen LogP contribution in [0.4, 0.5) is 0 Å². The van der Waals surface area contributed by atoms with E-state index in [0.29, 0.717) is 29.6 Å². The highest BCUT2D eigenvalue weighted by atomic mass is 16.5. The van der Waals surface area contributed by atoms with Gasteiger partial charge in [-0.2, -0.15) is 5.26 Å². The molecule has 1 N–H and O–H groups in total. The van der Waals surface area contributed by atoms with Gasteiger partial charge in [-0.15, -0.1) is 0 Å². The minimum absolute atomic E-state index is 0.0675. The van der Waals surface area contributed by atoms with Crippen LogP contribution in [0.1, 0.15) is 55.6 Å². The summed E-state index contributed by atoms with van der Waals surface area (Å²) in [5.41, 5.74) is 0.991. The van der Waals surface area contributed by atoms with Gasteiger partial charge in [0.1, 0.15) is 0 Å². The first-order valence-electron chi connectivity index (χ1n) is 10.6. The van der Waals surface area contributed by atoms with Gasteiger partial charge in [-0.1, -0.05) is 5.16 Å². The van der Waals surface area contributed by atoms with Gasteiger partial charge >= 0.3 is 0 Å². The van der Waals surface area contributed by atoms with Gasteiger partial charge in [0.2, 0.25) is 0 Å². The molecule has 4 rings (SSSR count). The summed E-state index contributed by atoms with van der Waals surface area (Å²) < 4.78 is 5.44. The van der Waals surface area contributed by atoms with Gasteiger partial charge in [-0.05, 0) is 63.8 Å². The summed E-state index contributed by atoms with van der Waals surface area (Å²) in [5.74, 6) is 0.459. The molecular weight excluding hydrogens is 380 g/mol. The standard InChI is InChI=1S/C23H28N4O3/c1-23(2,29)15-26-11-9-19(10-12-26)27(18-7-8-18)22(28)20-13-21(30-25-20)17-5-3-16(14-24)4-6-17/h3-6,13,18-19,29H,7-12,15H2,1-2H3. The highest BCUT2D eigenvalue weighted by Gasteiger charge is 2.40. The molecule has 1 aromatic carbocycles. The van der Waals surface area contributed by atoms with E-state index in [2.05, 4.69) is 16.1 Å². The van der Waals surface area contributed by atoms with Crippen LogP contribution in [-0.4, -0.2) is 63.3 Å². The molecule has 1 saturated carbocycles. The summed E-state index contributed by atoms with van der Waals surface area (Å²) in [4.78, 5) is 17.6. The fraction of sp³-hybridized carbons (Fsp3) is 0.522. The molecule has 1 aromatic heterocycles. The van der Waals surface area contributed by atoms with Gasteiger partial charge in [0.15, 0.2) is 11.5 Å². The van der Waals surface area contributed by atoms with Crippen molar-refractivity contribution < 1.29 is 14.4 Å². The Bertz CT molecular complexity index is 927.